The zero-order valence-electron chi connectivity index (χ0n) is 11.0. The van der Waals surface area contributed by atoms with E-state index >= 15 is 0 Å². The molecule has 20 heavy (non-hydrogen) atoms. The maximum atomic E-state index is 6.07. The number of aryl methyl sites for hydroxylation is 2. The summed E-state index contributed by atoms with van der Waals surface area (Å²) < 4.78 is 0. The summed E-state index contributed by atoms with van der Waals surface area (Å²) in [6, 6.07) is 9.41. The first-order valence-electron chi connectivity index (χ1n) is 5.98. The average molecular weight is 328 g/mol. The second kappa shape index (κ2) is 6.49. The van der Waals surface area contributed by atoms with Crippen molar-refractivity contribution in [3.05, 3.63) is 62.1 Å². The van der Waals surface area contributed by atoms with Crippen molar-refractivity contribution in [2.45, 2.75) is 13.8 Å². The lowest BCUT2D eigenvalue weighted by Gasteiger charge is -2.07. The van der Waals surface area contributed by atoms with Crippen molar-refractivity contribution < 1.29 is 0 Å². The Morgan fingerprint density at radius 1 is 1.00 bits per heavy atom. The summed E-state index contributed by atoms with van der Waals surface area (Å²) in [6.45, 7) is 4.07. The highest BCUT2D eigenvalue weighted by Crippen LogP contribution is 2.33. The van der Waals surface area contributed by atoms with Gasteiger partial charge in [0.25, 0.3) is 0 Å². The van der Waals surface area contributed by atoms with Crippen LogP contribution < -0.4 is 5.43 Å². The lowest BCUT2D eigenvalue weighted by molar-refractivity contribution is 1.33. The number of hydrogen-bond donors (Lipinski definition) is 1. The zero-order chi connectivity index (χ0) is 14.7. The second-order valence-electron chi connectivity index (χ2n) is 4.47. The Hall–Kier alpha value is -1.22. The largest absolute Gasteiger partial charge is 0.275 e. The Labute approximate surface area is 133 Å². The van der Waals surface area contributed by atoms with Gasteiger partial charge in [-0.05, 0) is 37.1 Å². The Kier molecular flexibility index (Phi) is 4.92. The molecular weight excluding hydrogens is 315 g/mol. The van der Waals surface area contributed by atoms with Gasteiger partial charge in [-0.25, -0.2) is 0 Å². The van der Waals surface area contributed by atoms with Crippen molar-refractivity contribution in [3.63, 3.8) is 0 Å². The van der Waals surface area contributed by atoms with Crippen LogP contribution >= 0.6 is 34.8 Å². The SMILES string of the molecule is Cc1ccc(C)c(/C=N\Nc2c(Cl)cc(Cl)cc2Cl)c1. The minimum atomic E-state index is 0.431. The van der Waals surface area contributed by atoms with Gasteiger partial charge >= 0.3 is 0 Å². The molecule has 0 fully saturated rings. The Morgan fingerprint density at radius 2 is 1.65 bits per heavy atom. The lowest BCUT2D eigenvalue weighted by Crippen LogP contribution is -1.94. The number of hydrogen-bond acceptors (Lipinski definition) is 2. The zero-order valence-corrected chi connectivity index (χ0v) is 13.3. The molecule has 2 rings (SSSR count). The lowest BCUT2D eigenvalue weighted by atomic mass is 10.1. The van der Waals surface area contributed by atoms with Crippen LogP contribution in [-0.2, 0) is 0 Å². The molecule has 104 valence electrons. The van der Waals surface area contributed by atoms with Crippen LogP contribution in [0.4, 0.5) is 5.69 Å². The van der Waals surface area contributed by atoms with Gasteiger partial charge in [-0.1, -0.05) is 58.6 Å². The van der Waals surface area contributed by atoms with Crippen molar-refractivity contribution in [2.24, 2.45) is 5.10 Å². The van der Waals surface area contributed by atoms with Crippen LogP contribution in [0.5, 0.6) is 0 Å². The average Bonchev–Trinajstić information content (AvgIpc) is 2.36. The molecule has 2 aromatic rings. The maximum Gasteiger partial charge on any atom is 0.0935 e. The third kappa shape index (κ3) is 3.66. The van der Waals surface area contributed by atoms with E-state index in [9.17, 15) is 0 Å². The molecule has 5 heteroatoms. The van der Waals surface area contributed by atoms with Crippen LogP contribution in [0.2, 0.25) is 15.1 Å². The van der Waals surface area contributed by atoms with Gasteiger partial charge in [0, 0.05) is 5.02 Å². The molecule has 0 unspecified atom stereocenters. The molecule has 0 saturated heterocycles. The first-order chi connectivity index (χ1) is 9.47. The fourth-order valence-corrected chi connectivity index (χ4v) is 2.62. The molecule has 2 aromatic carbocycles. The summed E-state index contributed by atoms with van der Waals surface area (Å²) in [5.41, 5.74) is 6.76. The van der Waals surface area contributed by atoms with Crippen LogP contribution in [0.25, 0.3) is 0 Å². The fourth-order valence-electron chi connectivity index (χ4n) is 1.71. The van der Waals surface area contributed by atoms with Crippen LogP contribution in [-0.4, -0.2) is 6.21 Å². The molecular formula is C15H13Cl3N2. The Bertz CT molecular complexity index is 643. The number of benzene rings is 2. The van der Waals surface area contributed by atoms with Crippen LogP contribution in [0, 0.1) is 13.8 Å². The van der Waals surface area contributed by atoms with Crippen LogP contribution in [0.1, 0.15) is 16.7 Å². The van der Waals surface area contributed by atoms with E-state index in [0.29, 0.717) is 20.8 Å². The molecule has 0 aliphatic carbocycles. The second-order valence-corrected chi connectivity index (χ2v) is 5.73. The Balaban J connectivity index is 2.20. The topological polar surface area (TPSA) is 24.4 Å². The van der Waals surface area contributed by atoms with E-state index in [1.165, 1.54) is 5.56 Å². The molecule has 0 heterocycles. The summed E-state index contributed by atoms with van der Waals surface area (Å²) in [5, 5.41) is 5.53. The highest BCUT2D eigenvalue weighted by molar-refractivity contribution is 6.41. The molecule has 0 aliphatic rings. The highest BCUT2D eigenvalue weighted by atomic mass is 35.5. The predicted octanol–water partition coefficient (Wildman–Crippen LogP) is 5.71. The van der Waals surface area contributed by atoms with Crippen LogP contribution in [0.3, 0.4) is 0 Å². The van der Waals surface area contributed by atoms with Gasteiger partial charge in [0.15, 0.2) is 0 Å². The molecule has 0 spiro atoms. The van der Waals surface area contributed by atoms with E-state index in [2.05, 4.69) is 28.7 Å². The fraction of sp³-hybridized carbons (Fsp3) is 0.133. The summed E-state index contributed by atoms with van der Waals surface area (Å²) >= 11 is 18.0. The Morgan fingerprint density at radius 3 is 2.30 bits per heavy atom. The number of nitrogens with one attached hydrogen (secondary N) is 1. The van der Waals surface area contributed by atoms with Crippen molar-refractivity contribution >= 4 is 46.7 Å². The van der Waals surface area contributed by atoms with Gasteiger partial charge < -0.3 is 0 Å². The van der Waals surface area contributed by atoms with E-state index in [1.54, 1.807) is 18.3 Å². The van der Waals surface area contributed by atoms with E-state index in [4.69, 9.17) is 34.8 Å². The number of rotatable bonds is 3. The number of halogens is 3. The first kappa shape index (κ1) is 15.2. The van der Waals surface area contributed by atoms with Crippen LogP contribution in [0.15, 0.2) is 35.4 Å². The molecule has 0 saturated carbocycles. The third-order valence-corrected chi connectivity index (χ3v) is 3.64. The van der Waals surface area contributed by atoms with Gasteiger partial charge in [-0.15, -0.1) is 0 Å². The van der Waals surface area contributed by atoms with Gasteiger partial charge in [-0.2, -0.15) is 5.10 Å². The molecule has 2 nitrogen and oxygen atoms in total. The maximum absolute atomic E-state index is 6.07. The standard InChI is InChI=1S/C15H13Cl3N2/c1-9-3-4-10(2)11(5-9)8-19-20-15-13(17)6-12(16)7-14(15)18/h3-8,20H,1-2H3/b19-8-. The first-order valence-corrected chi connectivity index (χ1v) is 7.11. The van der Waals surface area contributed by atoms with Gasteiger partial charge in [0.2, 0.25) is 0 Å². The molecule has 0 amide bonds. The smallest absolute Gasteiger partial charge is 0.0935 e. The summed E-state index contributed by atoms with van der Waals surface area (Å²) in [5.74, 6) is 0. The molecule has 0 aromatic heterocycles. The van der Waals surface area contributed by atoms with Gasteiger partial charge in [0.1, 0.15) is 0 Å². The number of nitrogens with zero attached hydrogens (tertiary/aromatic N) is 1. The molecule has 0 atom stereocenters. The molecule has 0 aliphatic heterocycles. The minimum absolute atomic E-state index is 0.431. The molecule has 1 N–H and O–H groups in total. The van der Waals surface area contributed by atoms with Crippen molar-refractivity contribution in [2.75, 3.05) is 5.43 Å². The number of hydrazone groups is 1. The van der Waals surface area contributed by atoms with Gasteiger partial charge in [0.05, 0.1) is 21.9 Å². The normalized spacial score (nSPS) is 11.1. The van der Waals surface area contributed by atoms with E-state index in [1.807, 2.05) is 13.8 Å². The monoisotopic (exact) mass is 326 g/mol. The van der Waals surface area contributed by atoms with E-state index in [-0.39, 0.29) is 0 Å². The van der Waals surface area contributed by atoms with Crippen molar-refractivity contribution in [1.82, 2.24) is 0 Å². The molecule has 0 radical (unpaired) electrons. The summed E-state index contributed by atoms with van der Waals surface area (Å²) in [7, 11) is 0. The quantitative estimate of drug-likeness (QED) is 0.566. The minimum Gasteiger partial charge on any atom is -0.275 e. The van der Waals surface area contributed by atoms with Gasteiger partial charge in [-0.3, -0.25) is 5.43 Å². The third-order valence-electron chi connectivity index (χ3n) is 2.82. The highest BCUT2D eigenvalue weighted by Gasteiger charge is 2.06. The van der Waals surface area contributed by atoms with Crippen molar-refractivity contribution in [3.8, 4) is 0 Å². The number of anilines is 1. The van der Waals surface area contributed by atoms with E-state index in [0.717, 1.165) is 11.1 Å². The summed E-state index contributed by atoms with van der Waals surface area (Å²) in [6.07, 6.45) is 1.74. The summed E-state index contributed by atoms with van der Waals surface area (Å²) in [4.78, 5) is 0. The van der Waals surface area contributed by atoms with E-state index < -0.39 is 0 Å². The molecule has 0 bridgehead atoms. The predicted molar refractivity (Wildman–Crippen MR) is 88.6 cm³/mol. The van der Waals surface area contributed by atoms with Crippen molar-refractivity contribution in [1.29, 1.82) is 0 Å².